The van der Waals surface area contributed by atoms with Crippen LogP contribution in [0.25, 0.3) is 22.4 Å². The van der Waals surface area contributed by atoms with Crippen LogP contribution in [0.4, 0.5) is 0 Å². The van der Waals surface area contributed by atoms with E-state index in [2.05, 4.69) is 16.0 Å². The van der Waals surface area contributed by atoms with E-state index in [-0.39, 0.29) is 5.91 Å². The number of rotatable bonds is 3. The van der Waals surface area contributed by atoms with E-state index in [1.54, 1.807) is 19.3 Å². The highest BCUT2D eigenvalue weighted by molar-refractivity contribution is 6.34. The number of carbonyl (C=O) groups is 1. The summed E-state index contributed by atoms with van der Waals surface area (Å²) < 4.78 is 0. The lowest BCUT2D eigenvalue weighted by Crippen LogP contribution is -2.39. The number of carbonyl (C=O) groups excluding carboxylic acids is 1. The van der Waals surface area contributed by atoms with Gasteiger partial charge in [0.1, 0.15) is 5.52 Å². The molecule has 1 saturated heterocycles. The quantitative estimate of drug-likeness (QED) is 0.746. The SMILES string of the molecule is CC(=O)N1CCCC(Cc2nc(C)ccc2-c2cnc3[nH]cc(Cl)c3n2)C1. The second-order valence-electron chi connectivity index (χ2n) is 7.21. The number of nitrogens with zero attached hydrogens (tertiary/aromatic N) is 4. The van der Waals surface area contributed by atoms with Gasteiger partial charge in [-0.3, -0.25) is 9.78 Å². The summed E-state index contributed by atoms with van der Waals surface area (Å²) in [5.41, 5.74) is 5.07. The third-order valence-electron chi connectivity index (χ3n) is 5.17. The molecular weight excluding hydrogens is 362 g/mol. The number of hydrogen-bond donors (Lipinski definition) is 1. The van der Waals surface area contributed by atoms with E-state index < -0.39 is 0 Å². The van der Waals surface area contributed by atoms with Gasteiger partial charge in [0.15, 0.2) is 5.65 Å². The molecule has 0 radical (unpaired) electrons. The molecule has 1 atom stereocenters. The minimum atomic E-state index is 0.149. The zero-order valence-corrected chi connectivity index (χ0v) is 16.3. The molecule has 1 unspecified atom stereocenters. The van der Waals surface area contributed by atoms with Crippen molar-refractivity contribution < 1.29 is 4.79 Å². The van der Waals surface area contributed by atoms with Crippen LogP contribution >= 0.6 is 11.6 Å². The van der Waals surface area contributed by atoms with Crippen molar-refractivity contribution in [2.24, 2.45) is 5.92 Å². The Morgan fingerprint density at radius 2 is 2.22 bits per heavy atom. The van der Waals surface area contributed by atoms with Gasteiger partial charge in [-0.2, -0.15) is 0 Å². The Kier molecular flexibility index (Phi) is 4.83. The first-order chi connectivity index (χ1) is 13.0. The van der Waals surface area contributed by atoms with E-state index in [0.717, 1.165) is 55.0 Å². The molecule has 4 rings (SSSR count). The smallest absolute Gasteiger partial charge is 0.219 e. The molecule has 3 aromatic rings. The number of likely N-dealkylation sites (tertiary alicyclic amines) is 1. The number of aryl methyl sites for hydroxylation is 1. The number of H-pyrrole nitrogens is 1. The van der Waals surface area contributed by atoms with Gasteiger partial charge in [0.2, 0.25) is 5.91 Å². The van der Waals surface area contributed by atoms with Crippen LogP contribution in [0.15, 0.2) is 24.5 Å². The summed E-state index contributed by atoms with van der Waals surface area (Å²) in [5, 5.41) is 0.561. The van der Waals surface area contributed by atoms with Crippen LogP contribution in [0, 0.1) is 12.8 Å². The summed E-state index contributed by atoms with van der Waals surface area (Å²) in [5.74, 6) is 0.554. The number of halogens is 1. The topological polar surface area (TPSA) is 74.8 Å². The zero-order chi connectivity index (χ0) is 19.0. The maximum absolute atomic E-state index is 11.7. The van der Waals surface area contributed by atoms with Gasteiger partial charge in [-0.15, -0.1) is 0 Å². The molecule has 0 spiro atoms. The standard InChI is InChI=1S/C20H22ClN5O/c1-12-5-6-15(18-10-23-20-19(25-18)16(21)9-22-20)17(24-12)8-14-4-3-7-26(11-14)13(2)27/h5-6,9-10,14H,3-4,7-8,11H2,1-2H3,(H,22,23). The van der Waals surface area contributed by atoms with Crippen molar-refractivity contribution in [3.8, 4) is 11.3 Å². The summed E-state index contributed by atoms with van der Waals surface area (Å²) in [6, 6.07) is 4.05. The van der Waals surface area contributed by atoms with Gasteiger partial charge < -0.3 is 9.88 Å². The van der Waals surface area contributed by atoms with Crippen LogP contribution in [0.5, 0.6) is 0 Å². The van der Waals surface area contributed by atoms with E-state index in [4.69, 9.17) is 21.6 Å². The Bertz CT molecular complexity index is 999. The van der Waals surface area contributed by atoms with Crippen molar-refractivity contribution in [2.45, 2.75) is 33.1 Å². The Balaban J connectivity index is 1.67. The number of aromatic nitrogens is 4. The molecule has 0 aliphatic carbocycles. The van der Waals surface area contributed by atoms with Crippen molar-refractivity contribution in [2.75, 3.05) is 13.1 Å². The predicted molar refractivity (Wildman–Crippen MR) is 106 cm³/mol. The average molecular weight is 384 g/mol. The average Bonchev–Trinajstić information content (AvgIpc) is 3.02. The Hall–Kier alpha value is -2.47. The largest absolute Gasteiger partial charge is 0.343 e. The van der Waals surface area contributed by atoms with E-state index in [1.165, 1.54) is 0 Å². The fourth-order valence-corrected chi connectivity index (χ4v) is 3.97. The molecule has 1 amide bonds. The van der Waals surface area contributed by atoms with E-state index in [9.17, 15) is 4.79 Å². The van der Waals surface area contributed by atoms with Crippen molar-refractivity contribution in [3.63, 3.8) is 0 Å². The van der Waals surface area contributed by atoms with Crippen molar-refractivity contribution in [1.82, 2.24) is 24.8 Å². The van der Waals surface area contributed by atoms with Gasteiger partial charge in [-0.25, -0.2) is 9.97 Å². The fourth-order valence-electron chi connectivity index (χ4n) is 3.78. The number of amides is 1. The summed E-state index contributed by atoms with van der Waals surface area (Å²) in [6.07, 6.45) is 6.42. The molecule has 0 aromatic carbocycles. The van der Waals surface area contributed by atoms with E-state index in [0.29, 0.717) is 22.1 Å². The first-order valence-electron chi connectivity index (χ1n) is 9.23. The Morgan fingerprint density at radius 1 is 1.37 bits per heavy atom. The predicted octanol–water partition coefficient (Wildman–Crippen LogP) is 3.78. The minimum absolute atomic E-state index is 0.149. The number of piperidine rings is 1. The molecular formula is C20H22ClN5O. The number of aromatic amines is 1. The van der Waals surface area contributed by atoms with Crippen LogP contribution < -0.4 is 0 Å². The first kappa shape index (κ1) is 17.9. The molecule has 1 aliphatic rings. The minimum Gasteiger partial charge on any atom is -0.343 e. The lowest BCUT2D eigenvalue weighted by molar-refractivity contribution is -0.130. The molecule has 0 bridgehead atoms. The van der Waals surface area contributed by atoms with Gasteiger partial charge in [0.25, 0.3) is 0 Å². The van der Waals surface area contributed by atoms with Crippen molar-refractivity contribution in [1.29, 1.82) is 0 Å². The van der Waals surface area contributed by atoms with Gasteiger partial charge in [-0.1, -0.05) is 11.6 Å². The summed E-state index contributed by atoms with van der Waals surface area (Å²) >= 11 is 6.21. The third-order valence-corrected chi connectivity index (χ3v) is 5.46. The van der Waals surface area contributed by atoms with Crippen LogP contribution in [-0.2, 0) is 11.2 Å². The number of fused-ring (bicyclic) bond motifs is 1. The Labute approximate surface area is 163 Å². The molecule has 27 heavy (non-hydrogen) atoms. The van der Waals surface area contributed by atoms with E-state index in [1.807, 2.05) is 17.9 Å². The second kappa shape index (κ2) is 7.27. The maximum atomic E-state index is 11.7. The molecule has 4 heterocycles. The molecule has 140 valence electrons. The van der Waals surface area contributed by atoms with Crippen LogP contribution in [0.1, 0.15) is 31.2 Å². The molecule has 3 aromatic heterocycles. The summed E-state index contributed by atoms with van der Waals surface area (Å²) in [7, 11) is 0. The lowest BCUT2D eigenvalue weighted by atomic mass is 9.91. The van der Waals surface area contributed by atoms with Crippen LogP contribution in [0.3, 0.4) is 0 Å². The monoisotopic (exact) mass is 383 g/mol. The maximum Gasteiger partial charge on any atom is 0.219 e. The van der Waals surface area contributed by atoms with Crippen molar-refractivity contribution >= 4 is 28.7 Å². The summed E-state index contributed by atoms with van der Waals surface area (Å²) in [6.45, 7) is 5.28. The van der Waals surface area contributed by atoms with Crippen molar-refractivity contribution in [3.05, 3.63) is 40.9 Å². The zero-order valence-electron chi connectivity index (χ0n) is 15.5. The summed E-state index contributed by atoms with van der Waals surface area (Å²) in [4.78, 5) is 30.6. The van der Waals surface area contributed by atoms with Gasteiger partial charge in [0, 0.05) is 37.5 Å². The highest BCUT2D eigenvalue weighted by Crippen LogP contribution is 2.29. The first-order valence-corrected chi connectivity index (χ1v) is 9.61. The number of hydrogen-bond acceptors (Lipinski definition) is 4. The second-order valence-corrected chi connectivity index (χ2v) is 7.62. The van der Waals surface area contributed by atoms with Crippen LogP contribution in [0.2, 0.25) is 5.02 Å². The number of pyridine rings is 1. The Morgan fingerprint density at radius 3 is 3.04 bits per heavy atom. The highest BCUT2D eigenvalue weighted by Gasteiger charge is 2.23. The lowest BCUT2D eigenvalue weighted by Gasteiger charge is -2.32. The molecule has 6 nitrogen and oxygen atoms in total. The van der Waals surface area contributed by atoms with E-state index >= 15 is 0 Å². The normalized spacial score (nSPS) is 17.4. The molecule has 1 aliphatic heterocycles. The molecule has 0 saturated carbocycles. The fraction of sp³-hybridized carbons (Fsp3) is 0.400. The molecule has 1 fully saturated rings. The van der Waals surface area contributed by atoms with Gasteiger partial charge in [0.05, 0.1) is 22.6 Å². The number of nitrogens with one attached hydrogen (secondary N) is 1. The molecule has 1 N–H and O–H groups in total. The molecule has 7 heteroatoms. The third kappa shape index (κ3) is 3.67. The van der Waals surface area contributed by atoms with Gasteiger partial charge >= 0.3 is 0 Å². The highest BCUT2D eigenvalue weighted by atomic mass is 35.5. The van der Waals surface area contributed by atoms with Gasteiger partial charge in [-0.05, 0) is 44.2 Å². The van der Waals surface area contributed by atoms with Crippen LogP contribution in [-0.4, -0.2) is 43.8 Å².